The molecule has 0 bridgehead atoms. The number of benzene rings is 2. The second-order valence-electron chi connectivity index (χ2n) is 10.2. The SMILES string of the molecule is N#Cc1cc(F)cc(N(C(=O)[C@@H]2C[C@@H](O)C(=O)N2c2nccc(C#N)n2)[C@H](C(=O)NC2CC(F)(F)C2)c2ccccc2Cl)c1. The van der Waals surface area contributed by atoms with Crippen molar-refractivity contribution in [3.63, 3.8) is 0 Å². The molecule has 11 nitrogen and oxygen atoms in total. The predicted octanol–water partition coefficient (Wildman–Crippen LogP) is 3.17. The molecule has 1 saturated heterocycles. The van der Waals surface area contributed by atoms with Gasteiger partial charge in [0.05, 0.1) is 11.6 Å². The van der Waals surface area contributed by atoms with Crippen LogP contribution in [0.3, 0.4) is 0 Å². The van der Waals surface area contributed by atoms with Crippen molar-refractivity contribution in [3.05, 3.63) is 82.4 Å². The number of rotatable bonds is 7. The van der Waals surface area contributed by atoms with Gasteiger partial charge in [-0.2, -0.15) is 10.5 Å². The number of aromatic nitrogens is 2. The number of hydrogen-bond donors (Lipinski definition) is 2. The molecule has 3 amide bonds. The van der Waals surface area contributed by atoms with E-state index in [1.165, 1.54) is 30.5 Å². The number of carbonyl (C=O) groups is 3. The Hall–Kier alpha value is -5.05. The lowest BCUT2D eigenvalue weighted by Gasteiger charge is -2.39. The molecule has 3 aromatic rings. The topological polar surface area (TPSA) is 163 Å². The summed E-state index contributed by atoms with van der Waals surface area (Å²) in [6.45, 7) is 0. The van der Waals surface area contributed by atoms with Crippen LogP contribution in [0.5, 0.6) is 0 Å². The van der Waals surface area contributed by atoms with E-state index >= 15 is 0 Å². The highest BCUT2D eigenvalue weighted by Crippen LogP contribution is 2.40. The molecule has 44 heavy (non-hydrogen) atoms. The largest absolute Gasteiger partial charge is 0.383 e. The van der Waals surface area contributed by atoms with E-state index in [9.17, 15) is 43.2 Å². The maximum atomic E-state index is 14.8. The van der Waals surface area contributed by atoms with Gasteiger partial charge in [-0.05, 0) is 30.3 Å². The molecule has 15 heteroatoms. The number of nitrogens with zero attached hydrogens (tertiary/aromatic N) is 6. The molecule has 2 aromatic carbocycles. The van der Waals surface area contributed by atoms with Crippen molar-refractivity contribution in [1.82, 2.24) is 15.3 Å². The van der Waals surface area contributed by atoms with Gasteiger partial charge in [0, 0.05) is 47.8 Å². The second kappa shape index (κ2) is 11.9. The smallest absolute Gasteiger partial charge is 0.259 e. The average molecular weight is 624 g/mol. The first kappa shape index (κ1) is 30.4. The predicted molar refractivity (Wildman–Crippen MR) is 148 cm³/mol. The lowest BCUT2D eigenvalue weighted by Crippen LogP contribution is -2.56. The van der Waals surface area contributed by atoms with Gasteiger partial charge in [0.1, 0.15) is 35.8 Å². The molecule has 224 valence electrons. The summed E-state index contributed by atoms with van der Waals surface area (Å²) >= 11 is 6.46. The Bertz CT molecular complexity index is 1740. The van der Waals surface area contributed by atoms with Gasteiger partial charge in [-0.3, -0.25) is 24.2 Å². The molecule has 2 heterocycles. The summed E-state index contributed by atoms with van der Waals surface area (Å²) in [5.74, 6) is -7.31. The zero-order valence-corrected chi connectivity index (χ0v) is 23.2. The van der Waals surface area contributed by atoms with Crippen LogP contribution in [0.25, 0.3) is 0 Å². The van der Waals surface area contributed by atoms with Crippen LogP contribution >= 0.6 is 11.6 Å². The highest BCUT2D eigenvalue weighted by molar-refractivity contribution is 6.31. The Kier molecular flexibility index (Phi) is 8.23. The summed E-state index contributed by atoms with van der Waals surface area (Å²) in [5, 5.41) is 31.8. The number of aliphatic hydroxyl groups excluding tert-OH is 1. The zero-order chi connectivity index (χ0) is 31.8. The summed E-state index contributed by atoms with van der Waals surface area (Å²) in [5.41, 5.74) is -0.653. The lowest BCUT2D eigenvalue weighted by molar-refractivity contribution is -0.133. The quantitative estimate of drug-likeness (QED) is 0.405. The molecule has 0 unspecified atom stereocenters. The zero-order valence-electron chi connectivity index (χ0n) is 22.5. The molecular formula is C29H21ClF3N7O4. The Balaban J connectivity index is 1.67. The second-order valence-corrected chi connectivity index (χ2v) is 10.6. The van der Waals surface area contributed by atoms with E-state index in [2.05, 4.69) is 15.3 Å². The monoisotopic (exact) mass is 623 g/mol. The van der Waals surface area contributed by atoms with Gasteiger partial charge in [0.25, 0.3) is 17.7 Å². The van der Waals surface area contributed by atoms with Crippen molar-refractivity contribution in [3.8, 4) is 12.1 Å². The number of carbonyl (C=O) groups excluding carboxylic acids is 3. The third kappa shape index (κ3) is 5.90. The molecule has 2 aliphatic rings. The molecule has 5 rings (SSSR count). The highest BCUT2D eigenvalue weighted by Gasteiger charge is 2.50. The Morgan fingerprint density at radius 3 is 2.55 bits per heavy atom. The minimum atomic E-state index is -2.99. The molecule has 1 saturated carbocycles. The number of alkyl halides is 2. The van der Waals surface area contributed by atoms with E-state index < -0.39 is 78.9 Å². The Labute approximate surface area is 253 Å². The average Bonchev–Trinajstić information content (AvgIpc) is 3.28. The van der Waals surface area contributed by atoms with E-state index in [0.29, 0.717) is 0 Å². The van der Waals surface area contributed by atoms with Gasteiger partial charge in [-0.25, -0.2) is 23.1 Å². The van der Waals surface area contributed by atoms with Crippen molar-refractivity contribution < 1.29 is 32.7 Å². The number of aliphatic hydroxyl groups is 1. The minimum Gasteiger partial charge on any atom is -0.383 e. The van der Waals surface area contributed by atoms with Gasteiger partial charge in [0.15, 0.2) is 0 Å². The van der Waals surface area contributed by atoms with Crippen molar-refractivity contribution in [2.75, 3.05) is 9.80 Å². The molecule has 0 radical (unpaired) electrons. The van der Waals surface area contributed by atoms with Gasteiger partial charge in [0.2, 0.25) is 11.9 Å². The Morgan fingerprint density at radius 2 is 1.89 bits per heavy atom. The minimum absolute atomic E-state index is 0.00857. The molecule has 0 spiro atoms. The summed E-state index contributed by atoms with van der Waals surface area (Å²) in [6, 6.07) is 9.30. The van der Waals surface area contributed by atoms with Crippen LogP contribution in [-0.4, -0.2) is 56.9 Å². The number of nitrogens with one attached hydrogen (secondary N) is 1. The van der Waals surface area contributed by atoms with Crippen LogP contribution in [0.15, 0.2) is 54.7 Å². The number of amides is 3. The first-order chi connectivity index (χ1) is 20.9. The van der Waals surface area contributed by atoms with Crippen molar-refractivity contribution in [2.45, 2.75) is 49.4 Å². The Morgan fingerprint density at radius 1 is 1.16 bits per heavy atom. The molecule has 1 aliphatic carbocycles. The summed E-state index contributed by atoms with van der Waals surface area (Å²) in [6.07, 6.45) is -2.36. The van der Waals surface area contributed by atoms with Crippen molar-refractivity contribution in [2.24, 2.45) is 0 Å². The number of nitriles is 2. The van der Waals surface area contributed by atoms with Crippen LogP contribution < -0.4 is 15.1 Å². The van der Waals surface area contributed by atoms with Crippen molar-refractivity contribution >= 4 is 41.0 Å². The molecule has 3 atom stereocenters. The van der Waals surface area contributed by atoms with Crippen LogP contribution in [0.2, 0.25) is 5.02 Å². The fourth-order valence-corrected chi connectivity index (χ4v) is 5.43. The fourth-order valence-electron chi connectivity index (χ4n) is 5.19. The van der Waals surface area contributed by atoms with Crippen LogP contribution in [0.1, 0.15) is 42.1 Å². The van der Waals surface area contributed by atoms with Crippen LogP contribution in [-0.2, 0) is 14.4 Å². The number of halogens is 4. The van der Waals surface area contributed by atoms with E-state index in [0.717, 1.165) is 28.0 Å². The van der Waals surface area contributed by atoms with Gasteiger partial charge >= 0.3 is 0 Å². The first-order valence-corrected chi connectivity index (χ1v) is 13.5. The third-order valence-electron chi connectivity index (χ3n) is 7.21. The lowest BCUT2D eigenvalue weighted by atomic mass is 9.87. The summed E-state index contributed by atoms with van der Waals surface area (Å²) < 4.78 is 42.1. The van der Waals surface area contributed by atoms with Crippen molar-refractivity contribution in [1.29, 1.82) is 10.5 Å². The van der Waals surface area contributed by atoms with E-state index in [4.69, 9.17) is 11.6 Å². The van der Waals surface area contributed by atoms with Gasteiger partial charge < -0.3 is 10.4 Å². The molecular weight excluding hydrogens is 603 g/mol. The maximum Gasteiger partial charge on any atom is 0.259 e. The van der Waals surface area contributed by atoms with Gasteiger partial charge in [-0.1, -0.05) is 29.8 Å². The van der Waals surface area contributed by atoms with Gasteiger partial charge in [-0.15, -0.1) is 0 Å². The standard InChI is InChI=1S/C29H21ClF3N7O4/c30-21-4-2-1-3-20(21)24(25(42)37-18-11-29(32,33)12-18)39(19-8-15(13-34)7-16(31)9-19)26(43)22-10-23(41)27(44)40(22)28-36-6-5-17(14-35)38-28/h1-9,18,22-24,41H,10-12H2,(H,37,42)/t22-,23+,24-/m0/s1. The summed E-state index contributed by atoms with van der Waals surface area (Å²) in [7, 11) is 0. The number of anilines is 2. The van der Waals surface area contributed by atoms with Crippen LogP contribution in [0.4, 0.5) is 24.8 Å². The molecule has 2 N–H and O–H groups in total. The number of hydrogen-bond acceptors (Lipinski definition) is 8. The highest BCUT2D eigenvalue weighted by atomic mass is 35.5. The third-order valence-corrected chi connectivity index (χ3v) is 7.55. The molecule has 1 aromatic heterocycles. The van der Waals surface area contributed by atoms with E-state index in [-0.39, 0.29) is 27.5 Å². The summed E-state index contributed by atoms with van der Waals surface area (Å²) in [4.78, 5) is 51.0. The maximum absolute atomic E-state index is 14.8. The van der Waals surface area contributed by atoms with Crippen LogP contribution in [0, 0.1) is 28.5 Å². The molecule has 1 aliphatic heterocycles. The molecule has 2 fully saturated rings. The fraction of sp³-hybridized carbons (Fsp3) is 0.276. The van der Waals surface area contributed by atoms with E-state index in [1.807, 2.05) is 0 Å². The van der Waals surface area contributed by atoms with E-state index in [1.54, 1.807) is 18.2 Å². The normalized spacial score (nSPS) is 19.8. The first-order valence-electron chi connectivity index (χ1n) is 13.1.